The van der Waals surface area contributed by atoms with Crippen molar-refractivity contribution in [2.24, 2.45) is 13.0 Å². The van der Waals surface area contributed by atoms with Crippen LogP contribution in [0.15, 0.2) is 30.6 Å². The molecular formula is C17H21ClFN5O2. The van der Waals surface area contributed by atoms with Gasteiger partial charge in [-0.3, -0.25) is 14.3 Å². The third-order valence-corrected chi connectivity index (χ3v) is 4.25. The van der Waals surface area contributed by atoms with Gasteiger partial charge in [-0.15, -0.1) is 12.4 Å². The first-order valence-electron chi connectivity index (χ1n) is 8.01. The second kappa shape index (κ2) is 8.29. The number of amides is 2. The van der Waals surface area contributed by atoms with Crippen molar-refractivity contribution in [3.63, 3.8) is 0 Å². The smallest absolute Gasteiger partial charge is 0.229 e. The predicted molar refractivity (Wildman–Crippen MR) is 98.9 cm³/mol. The number of benzene rings is 1. The van der Waals surface area contributed by atoms with Gasteiger partial charge < -0.3 is 16.0 Å². The molecule has 1 aliphatic heterocycles. The summed E-state index contributed by atoms with van der Waals surface area (Å²) in [6, 6.07) is 4.07. The molecule has 0 aliphatic carbocycles. The average molecular weight is 382 g/mol. The van der Waals surface area contributed by atoms with E-state index in [0.29, 0.717) is 18.8 Å². The maximum absolute atomic E-state index is 14.0. The monoisotopic (exact) mass is 381 g/mol. The zero-order valence-electron chi connectivity index (χ0n) is 14.5. The molecule has 1 aliphatic rings. The van der Waals surface area contributed by atoms with Crippen LogP contribution in [0.5, 0.6) is 0 Å². The van der Waals surface area contributed by atoms with E-state index in [1.165, 1.54) is 25.1 Å². The molecule has 0 saturated carbocycles. The van der Waals surface area contributed by atoms with Crippen LogP contribution in [0, 0.1) is 11.7 Å². The van der Waals surface area contributed by atoms with Crippen molar-refractivity contribution in [3.05, 3.63) is 42.0 Å². The van der Waals surface area contributed by atoms with Crippen molar-refractivity contribution < 1.29 is 14.0 Å². The zero-order valence-corrected chi connectivity index (χ0v) is 15.3. The lowest BCUT2D eigenvalue weighted by Crippen LogP contribution is -2.28. The molecule has 140 valence electrons. The molecule has 26 heavy (non-hydrogen) atoms. The van der Waals surface area contributed by atoms with E-state index in [-0.39, 0.29) is 41.7 Å². The van der Waals surface area contributed by atoms with E-state index in [0.717, 1.165) is 5.56 Å². The summed E-state index contributed by atoms with van der Waals surface area (Å²) in [5.41, 5.74) is 1.45. The lowest BCUT2D eigenvalue weighted by atomic mass is 9.90. The molecule has 2 amide bonds. The van der Waals surface area contributed by atoms with E-state index in [1.807, 2.05) is 13.2 Å². The number of nitrogens with zero attached hydrogens (tertiary/aromatic N) is 2. The Balaban J connectivity index is 0.00000243. The van der Waals surface area contributed by atoms with Gasteiger partial charge in [0.05, 0.1) is 17.8 Å². The molecule has 1 aromatic heterocycles. The Kier molecular flexibility index (Phi) is 6.33. The summed E-state index contributed by atoms with van der Waals surface area (Å²) in [6.07, 6.45) is 3.63. The SMILES string of the molecule is CC(=O)Nc1ccc(F)c(NC(=O)[C@H]2CNC[C@@H]2c2cnn(C)c2)c1.Cl. The van der Waals surface area contributed by atoms with Crippen LogP contribution in [0.3, 0.4) is 0 Å². The van der Waals surface area contributed by atoms with Crippen LogP contribution in [0.2, 0.25) is 0 Å². The van der Waals surface area contributed by atoms with Crippen molar-refractivity contribution in [2.45, 2.75) is 12.8 Å². The molecule has 2 aromatic rings. The second-order valence-electron chi connectivity index (χ2n) is 6.18. The van der Waals surface area contributed by atoms with Gasteiger partial charge in [0.1, 0.15) is 5.82 Å². The van der Waals surface area contributed by atoms with E-state index in [2.05, 4.69) is 21.0 Å². The number of halogens is 2. The van der Waals surface area contributed by atoms with Gasteiger partial charge in [0, 0.05) is 44.9 Å². The zero-order chi connectivity index (χ0) is 18.0. The number of anilines is 2. The molecule has 3 rings (SSSR count). The van der Waals surface area contributed by atoms with E-state index in [4.69, 9.17) is 0 Å². The number of aromatic nitrogens is 2. The maximum atomic E-state index is 14.0. The van der Waals surface area contributed by atoms with Crippen molar-refractivity contribution in [3.8, 4) is 0 Å². The van der Waals surface area contributed by atoms with E-state index < -0.39 is 5.82 Å². The number of rotatable bonds is 4. The van der Waals surface area contributed by atoms with Crippen LogP contribution in [0.1, 0.15) is 18.4 Å². The Morgan fingerprint density at radius 2 is 2.08 bits per heavy atom. The largest absolute Gasteiger partial charge is 0.326 e. The second-order valence-corrected chi connectivity index (χ2v) is 6.18. The lowest BCUT2D eigenvalue weighted by Gasteiger charge is -2.17. The molecule has 0 bridgehead atoms. The highest BCUT2D eigenvalue weighted by atomic mass is 35.5. The van der Waals surface area contributed by atoms with Gasteiger partial charge in [0.2, 0.25) is 11.8 Å². The molecule has 9 heteroatoms. The molecule has 1 aromatic carbocycles. The number of nitrogens with one attached hydrogen (secondary N) is 3. The molecule has 0 radical (unpaired) electrons. The number of hydrogen-bond donors (Lipinski definition) is 3. The van der Waals surface area contributed by atoms with Crippen LogP contribution in [0.4, 0.5) is 15.8 Å². The number of carbonyl (C=O) groups is 2. The topological polar surface area (TPSA) is 88.1 Å². The molecule has 2 heterocycles. The van der Waals surface area contributed by atoms with Crippen LogP contribution in [-0.4, -0.2) is 34.7 Å². The maximum Gasteiger partial charge on any atom is 0.229 e. The summed E-state index contributed by atoms with van der Waals surface area (Å²) in [6.45, 7) is 2.54. The van der Waals surface area contributed by atoms with Gasteiger partial charge in [-0.2, -0.15) is 5.10 Å². The van der Waals surface area contributed by atoms with Gasteiger partial charge in [-0.1, -0.05) is 0 Å². The first-order valence-corrected chi connectivity index (χ1v) is 8.01. The predicted octanol–water partition coefficient (Wildman–Crippen LogP) is 1.88. The van der Waals surface area contributed by atoms with E-state index in [9.17, 15) is 14.0 Å². The summed E-state index contributed by atoms with van der Waals surface area (Å²) in [4.78, 5) is 23.8. The van der Waals surface area contributed by atoms with Gasteiger partial charge in [0.25, 0.3) is 0 Å². The summed E-state index contributed by atoms with van der Waals surface area (Å²) in [7, 11) is 1.82. The van der Waals surface area contributed by atoms with Crippen molar-refractivity contribution >= 4 is 35.6 Å². The highest BCUT2D eigenvalue weighted by Gasteiger charge is 2.35. The Morgan fingerprint density at radius 3 is 2.73 bits per heavy atom. The third kappa shape index (κ3) is 4.39. The molecule has 0 unspecified atom stereocenters. The summed E-state index contributed by atoms with van der Waals surface area (Å²) in [5, 5.41) is 12.6. The molecule has 0 spiro atoms. The minimum Gasteiger partial charge on any atom is -0.326 e. The third-order valence-electron chi connectivity index (χ3n) is 4.25. The fourth-order valence-electron chi connectivity index (χ4n) is 3.06. The number of hydrogen-bond acceptors (Lipinski definition) is 4. The fraction of sp³-hybridized carbons (Fsp3) is 0.353. The summed E-state index contributed by atoms with van der Waals surface area (Å²) >= 11 is 0. The Morgan fingerprint density at radius 1 is 1.31 bits per heavy atom. The Bertz CT molecular complexity index is 810. The molecule has 3 N–H and O–H groups in total. The number of carbonyl (C=O) groups excluding carboxylic acids is 2. The van der Waals surface area contributed by atoms with Crippen molar-refractivity contribution in [1.82, 2.24) is 15.1 Å². The molecule has 1 fully saturated rings. The first kappa shape index (κ1) is 19.9. The van der Waals surface area contributed by atoms with E-state index >= 15 is 0 Å². The molecular weight excluding hydrogens is 361 g/mol. The highest BCUT2D eigenvalue weighted by molar-refractivity contribution is 5.95. The number of aryl methyl sites for hydroxylation is 1. The van der Waals surface area contributed by atoms with Crippen molar-refractivity contribution in [2.75, 3.05) is 23.7 Å². The van der Waals surface area contributed by atoms with Gasteiger partial charge >= 0.3 is 0 Å². The van der Waals surface area contributed by atoms with Crippen LogP contribution < -0.4 is 16.0 Å². The minimum atomic E-state index is -0.550. The van der Waals surface area contributed by atoms with Crippen LogP contribution >= 0.6 is 12.4 Å². The minimum absolute atomic E-state index is 0. The summed E-state index contributed by atoms with van der Waals surface area (Å²) in [5.74, 6) is -1.42. The quantitative estimate of drug-likeness (QED) is 0.754. The lowest BCUT2D eigenvalue weighted by molar-refractivity contribution is -0.119. The Labute approximate surface area is 156 Å². The van der Waals surface area contributed by atoms with Gasteiger partial charge in [-0.25, -0.2) is 4.39 Å². The first-order chi connectivity index (χ1) is 11.9. The van der Waals surface area contributed by atoms with Crippen molar-refractivity contribution in [1.29, 1.82) is 0 Å². The Hall–Kier alpha value is -2.45. The van der Waals surface area contributed by atoms with Gasteiger partial charge in [0.15, 0.2) is 0 Å². The van der Waals surface area contributed by atoms with Crippen LogP contribution in [-0.2, 0) is 16.6 Å². The van der Waals surface area contributed by atoms with E-state index in [1.54, 1.807) is 10.9 Å². The molecule has 2 atom stereocenters. The normalized spacial score (nSPS) is 18.9. The van der Waals surface area contributed by atoms with Gasteiger partial charge in [-0.05, 0) is 23.8 Å². The van der Waals surface area contributed by atoms with Crippen LogP contribution in [0.25, 0.3) is 0 Å². The average Bonchev–Trinajstić information content (AvgIpc) is 3.18. The summed E-state index contributed by atoms with van der Waals surface area (Å²) < 4.78 is 15.7. The standard InChI is InChI=1S/C17H20FN5O2.ClH/c1-10(24)21-12-3-4-15(18)16(5-12)22-17(25)14-8-19-7-13(14)11-6-20-23(2)9-11;/h3-6,9,13-14,19H,7-8H2,1-2H3,(H,21,24)(H,22,25);1H/t13-,14+;/m1./s1. The fourth-order valence-corrected chi connectivity index (χ4v) is 3.06. The highest BCUT2D eigenvalue weighted by Crippen LogP contribution is 2.29. The molecule has 7 nitrogen and oxygen atoms in total. The molecule has 1 saturated heterocycles.